The molecular weight excluding hydrogens is 350 g/mol. The van der Waals surface area contributed by atoms with Crippen molar-refractivity contribution in [2.75, 3.05) is 27.3 Å². The Bertz CT molecular complexity index is 750. The van der Waals surface area contributed by atoms with E-state index in [2.05, 4.69) is 30.5 Å². The molecule has 0 aromatic heterocycles. The highest BCUT2D eigenvalue weighted by molar-refractivity contribution is 6.02. The van der Waals surface area contributed by atoms with Crippen molar-refractivity contribution in [2.24, 2.45) is 11.8 Å². The minimum atomic E-state index is 0.0861. The van der Waals surface area contributed by atoms with Gasteiger partial charge in [0.15, 0.2) is 17.3 Å². The molecular formula is C24H33NO3. The molecule has 0 fully saturated rings. The first-order chi connectivity index (χ1) is 13.7. The fourth-order valence-electron chi connectivity index (χ4n) is 4.33. The van der Waals surface area contributed by atoms with E-state index in [1.165, 1.54) is 12.0 Å². The molecule has 1 aromatic rings. The minimum absolute atomic E-state index is 0.0861. The quantitative estimate of drug-likeness (QED) is 0.593. The molecule has 1 N–H and O–H groups in total. The van der Waals surface area contributed by atoms with Crippen molar-refractivity contribution < 1.29 is 14.3 Å². The summed E-state index contributed by atoms with van der Waals surface area (Å²) in [6.45, 7) is 4.22. The van der Waals surface area contributed by atoms with Crippen LogP contribution in [0.1, 0.15) is 54.9 Å². The number of hydrogen-bond donors (Lipinski definition) is 1. The minimum Gasteiger partial charge on any atom is -0.493 e. The first-order valence-electron chi connectivity index (χ1n) is 10.5. The van der Waals surface area contributed by atoms with Crippen LogP contribution in [0.4, 0.5) is 0 Å². The van der Waals surface area contributed by atoms with Crippen LogP contribution in [0, 0.1) is 11.8 Å². The Morgan fingerprint density at radius 2 is 2.00 bits per heavy atom. The largest absolute Gasteiger partial charge is 0.493 e. The van der Waals surface area contributed by atoms with Gasteiger partial charge in [0.05, 0.1) is 14.2 Å². The molecule has 2 atom stereocenters. The van der Waals surface area contributed by atoms with Gasteiger partial charge in [-0.1, -0.05) is 37.1 Å². The van der Waals surface area contributed by atoms with Gasteiger partial charge in [-0.15, -0.1) is 0 Å². The van der Waals surface area contributed by atoms with E-state index < -0.39 is 0 Å². The van der Waals surface area contributed by atoms with Crippen molar-refractivity contribution in [3.63, 3.8) is 0 Å². The van der Waals surface area contributed by atoms with Crippen LogP contribution in [0.2, 0.25) is 0 Å². The third kappa shape index (κ3) is 4.85. The zero-order valence-corrected chi connectivity index (χ0v) is 17.4. The average molecular weight is 384 g/mol. The summed E-state index contributed by atoms with van der Waals surface area (Å²) in [4.78, 5) is 12.9. The number of ketones is 1. The van der Waals surface area contributed by atoms with Crippen molar-refractivity contribution >= 4 is 5.78 Å². The van der Waals surface area contributed by atoms with Crippen LogP contribution in [0.25, 0.3) is 0 Å². The van der Waals surface area contributed by atoms with Gasteiger partial charge in [-0.3, -0.25) is 4.79 Å². The van der Waals surface area contributed by atoms with Crippen LogP contribution in [0.5, 0.6) is 11.5 Å². The molecule has 2 aliphatic carbocycles. The monoisotopic (exact) mass is 383 g/mol. The first-order valence-corrected chi connectivity index (χ1v) is 10.5. The molecule has 3 rings (SSSR count). The maximum atomic E-state index is 12.9. The molecule has 0 amide bonds. The molecule has 0 spiro atoms. The highest BCUT2D eigenvalue weighted by Gasteiger charge is 2.33. The van der Waals surface area contributed by atoms with E-state index in [9.17, 15) is 4.79 Å². The molecule has 4 heteroatoms. The topological polar surface area (TPSA) is 47.6 Å². The first kappa shape index (κ1) is 20.7. The normalized spacial score (nSPS) is 19.3. The van der Waals surface area contributed by atoms with Crippen molar-refractivity contribution in [1.29, 1.82) is 0 Å². The van der Waals surface area contributed by atoms with Gasteiger partial charge in [0.1, 0.15) is 0 Å². The van der Waals surface area contributed by atoms with Gasteiger partial charge in [0.25, 0.3) is 0 Å². The second-order valence-corrected chi connectivity index (χ2v) is 7.90. The van der Waals surface area contributed by atoms with Crippen LogP contribution in [0.3, 0.4) is 0 Å². The molecule has 0 heterocycles. The standard InChI is InChI=1S/C24H33NO3/c1-4-17(10-11-25-16-18-8-6-5-7-9-18)12-20-13-19-14-22(27-2)23(28-3)15-21(19)24(20)26/h5-6,8,14-15,17,20,25H,4,7,9-13,16H2,1-3H3. The van der Waals surface area contributed by atoms with Crippen LogP contribution in [-0.4, -0.2) is 33.1 Å². The van der Waals surface area contributed by atoms with Gasteiger partial charge in [-0.2, -0.15) is 0 Å². The molecule has 0 aliphatic heterocycles. The number of ether oxygens (including phenoxy) is 2. The Morgan fingerprint density at radius 3 is 2.68 bits per heavy atom. The summed E-state index contributed by atoms with van der Waals surface area (Å²) in [6.07, 6.45) is 12.9. The molecule has 152 valence electrons. The number of methoxy groups -OCH3 is 2. The van der Waals surface area contributed by atoms with Crippen LogP contribution in [-0.2, 0) is 6.42 Å². The van der Waals surface area contributed by atoms with E-state index in [1.54, 1.807) is 14.2 Å². The van der Waals surface area contributed by atoms with E-state index in [0.717, 1.165) is 56.3 Å². The Balaban J connectivity index is 1.52. The van der Waals surface area contributed by atoms with Crippen LogP contribution >= 0.6 is 0 Å². The predicted molar refractivity (Wildman–Crippen MR) is 113 cm³/mol. The average Bonchev–Trinajstić information content (AvgIpc) is 3.04. The van der Waals surface area contributed by atoms with Crippen LogP contribution < -0.4 is 14.8 Å². The van der Waals surface area contributed by atoms with Gasteiger partial charge in [0.2, 0.25) is 0 Å². The maximum absolute atomic E-state index is 12.9. The summed E-state index contributed by atoms with van der Waals surface area (Å²) in [5.74, 6) is 2.26. The number of hydrogen-bond acceptors (Lipinski definition) is 4. The highest BCUT2D eigenvalue weighted by atomic mass is 16.5. The second kappa shape index (κ2) is 9.92. The highest BCUT2D eigenvalue weighted by Crippen LogP contribution is 2.39. The molecule has 28 heavy (non-hydrogen) atoms. The molecule has 0 radical (unpaired) electrons. The lowest BCUT2D eigenvalue weighted by Crippen LogP contribution is -2.23. The lowest BCUT2D eigenvalue weighted by atomic mass is 9.88. The van der Waals surface area contributed by atoms with E-state index in [1.807, 2.05) is 12.1 Å². The van der Waals surface area contributed by atoms with E-state index >= 15 is 0 Å². The number of rotatable bonds is 10. The SMILES string of the molecule is CCC(CCNCC1=CC=CCC1)CC1Cc2cc(OC)c(OC)cc2C1=O. The van der Waals surface area contributed by atoms with Gasteiger partial charge in [-0.05, 0) is 62.3 Å². The number of Topliss-reactive ketones (excluding diaryl/α,β-unsaturated/α-hetero) is 1. The summed E-state index contributed by atoms with van der Waals surface area (Å²) < 4.78 is 10.8. The number of carbonyl (C=O) groups is 1. The summed E-state index contributed by atoms with van der Waals surface area (Å²) in [5, 5.41) is 3.58. The van der Waals surface area contributed by atoms with E-state index in [-0.39, 0.29) is 11.7 Å². The van der Waals surface area contributed by atoms with Gasteiger partial charge in [-0.25, -0.2) is 0 Å². The van der Waals surface area contributed by atoms with Gasteiger partial charge < -0.3 is 14.8 Å². The fourth-order valence-corrected chi connectivity index (χ4v) is 4.33. The van der Waals surface area contributed by atoms with Crippen molar-refractivity contribution in [2.45, 2.75) is 45.4 Å². The van der Waals surface area contributed by atoms with Gasteiger partial charge in [0, 0.05) is 18.0 Å². The molecule has 4 nitrogen and oxygen atoms in total. The third-order valence-corrected chi connectivity index (χ3v) is 6.09. The van der Waals surface area contributed by atoms with Crippen molar-refractivity contribution in [1.82, 2.24) is 5.32 Å². The summed E-state index contributed by atoms with van der Waals surface area (Å²) in [5.41, 5.74) is 3.39. The third-order valence-electron chi connectivity index (χ3n) is 6.09. The summed E-state index contributed by atoms with van der Waals surface area (Å²) >= 11 is 0. The van der Waals surface area contributed by atoms with Gasteiger partial charge >= 0.3 is 0 Å². The van der Waals surface area contributed by atoms with Crippen molar-refractivity contribution in [3.8, 4) is 11.5 Å². The Kier molecular flexibility index (Phi) is 7.32. The Hall–Kier alpha value is -2.07. The zero-order chi connectivity index (χ0) is 19.9. The van der Waals surface area contributed by atoms with E-state index in [4.69, 9.17) is 9.47 Å². The number of fused-ring (bicyclic) bond motifs is 1. The molecule has 2 aliphatic rings. The smallest absolute Gasteiger partial charge is 0.166 e. The summed E-state index contributed by atoms with van der Waals surface area (Å²) in [7, 11) is 3.25. The van der Waals surface area contributed by atoms with Crippen LogP contribution in [0.15, 0.2) is 35.9 Å². The summed E-state index contributed by atoms with van der Waals surface area (Å²) in [6, 6.07) is 3.83. The lowest BCUT2D eigenvalue weighted by molar-refractivity contribution is 0.0916. The zero-order valence-electron chi connectivity index (χ0n) is 17.4. The maximum Gasteiger partial charge on any atom is 0.166 e. The lowest BCUT2D eigenvalue weighted by Gasteiger charge is -2.19. The molecule has 1 aromatic carbocycles. The second-order valence-electron chi connectivity index (χ2n) is 7.90. The number of nitrogens with one attached hydrogen (secondary N) is 1. The number of benzene rings is 1. The molecule has 0 saturated carbocycles. The van der Waals surface area contributed by atoms with Crippen molar-refractivity contribution in [3.05, 3.63) is 47.1 Å². The fraction of sp³-hybridized carbons (Fsp3) is 0.542. The Labute approximate surface area is 169 Å². The Morgan fingerprint density at radius 1 is 1.21 bits per heavy atom. The number of allylic oxidation sites excluding steroid dienone is 3. The van der Waals surface area contributed by atoms with E-state index in [0.29, 0.717) is 17.4 Å². The number of carbonyl (C=O) groups excluding carboxylic acids is 1. The molecule has 2 unspecified atom stereocenters. The molecule has 0 saturated heterocycles. The predicted octanol–water partition coefficient (Wildman–Crippen LogP) is 4.73. The molecule has 0 bridgehead atoms.